The van der Waals surface area contributed by atoms with Gasteiger partial charge in [0.2, 0.25) is 11.8 Å². The Morgan fingerprint density at radius 2 is 1.74 bits per heavy atom. The Morgan fingerprint density at radius 1 is 1.04 bits per heavy atom. The van der Waals surface area contributed by atoms with Crippen molar-refractivity contribution in [1.82, 2.24) is 45.0 Å². The molecule has 0 aliphatic carbocycles. The lowest BCUT2D eigenvalue weighted by Crippen LogP contribution is -2.62. The molecular weight excluding hydrogens is 1020 g/mol. The van der Waals surface area contributed by atoms with Gasteiger partial charge in [0, 0.05) is 98.9 Å². The molecule has 1 aromatic carbocycles. The average Bonchev–Trinajstić information content (AvgIpc) is 4.07. The first-order valence-corrected chi connectivity index (χ1v) is 25.4. The molecule has 73 heavy (non-hydrogen) atoms. The molecule has 8 rings (SSSR count). The zero-order chi connectivity index (χ0) is 49.4. The highest BCUT2D eigenvalue weighted by molar-refractivity contribution is 7.59. The highest BCUT2D eigenvalue weighted by Crippen LogP contribution is 2.43. The number of carbonyl (C=O) groups is 5. The molecule has 4 aliphatic rings. The molecule has 2 N–H and O–H groups in total. The molecule has 21 heteroatoms. The first-order valence-electron chi connectivity index (χ1n) is 24.5. The number of aryl methyl sites for hydroxylation is 1. The zero-order valence-corrected chi connectivity index (χ0v) is 48.3. The van der Waals surface area contributed by atoms with E-state index in [2.05, 4.69) is 66.9 Å². The Bertz CT molecular complexity index is 2620. The van der Waals surface area contributed by atoms with Gasteiger partial charge in [-0.1, -0.05) is 40.3 Å². The first kappa shape index (κ1) is 61.3. The van der Waals surface area contributed by atoms with Gasteiger partial charge in [-0.25, -0.2) is 15.2 Å². The summed E-state index contributed by atoms with van der Waals surface area (Å²) in [5, 5.41) is 8.19. The minimum Gasteiger partial charge on any atom is -0.464 e. The van der Waals surface area contributed by atoms with Crippen molar-refractivity contribution in [2.75, 3.05) is 53.5 Å². The van der Waals surface area contributed by atoms with Crippen LogP contribution in [-0.2, 0) is 48.0 Å². The van der Waals surface area contributed by atoms with E-state index in [1.54, 1.807) is 25.3 Å². The quantitative estimate of drug-likeness (QED) is 0.129. The molecule has 3 saturated heterocycles. The van der Waals surface area contributed by atoms with Gasteiger partial charge in [0.05, 0.1) is 34.8 Å². The number of aromatic nitrogens is 3. The van der Waals surface area contributed by atoms with Crippen LogP contribution in [0.4, 0.5) is 4.79 Å². The van der Waals surface area contributed by atoms with E-state index in [0.717, 1.165) is 63.9 Å². The number of rotatable bonds is 9. The van der Waals surface area contributed by atoms with Gasteiger partial charge in [0.15, 0.2) is 0 Å². The summed E-state index contributed by atoms with van der Waals surface area (Å²) in [6.07, 6.45) is 6.98. The lowest BCUT2D eigenvalue weighted by Gasteiger charge is -2.42. The van der Waals surface area contributed by atoms with Gasteiger partial charge in [-0.15, -0.1) is 11.3 Å². The summed E-state index contributed by atoms with van der Waals surface area (Å²) in [7, 11) is 3.34. The number of hydrogen-bond acceptors (Lipinski definition) is 11. The van der Waals surface area contributed by atoms with Gasteiger partial charge in [-0.05, 0) is 99.6 Å². The number of methoxy groups -OCH3 is 1. The number of hydrazine groups is 1. The summed E-state index contributed by atoms with van der Waals surface area (Å²) in [6.45, 7) is 19.3. The van der Waals surface area contributed by atoms with Crippen LogP contribution >= 0.6 is 65.3 Å². The number of carbonyl (C=O) groups excluding carboxylic acids is 5. The number of likely N-dealkylation sites (N-methyl/N-ethyl adjacent to an activating group) is 1. The summed E-state index contributed by atoms with van der Waals surface area (Å²) in [5.41, 5.74) is 9.28. The minimum atomic E-state index is -1.07. The number of piperidine rings is 1. The summed E-state index contributed by atoms with van der Waals surface area (Å²) in [5.74, 6) is -1.68. The maximum atomic E-state index is 14.7. The number of ether oxygens (including phenoxy) is 2. The minimum absolute atomic E-state index is 0. The van der Waals surface area contributed by atoms with Crippen molar-refractivity contribution in [3.63, 3.8) is 0 Å². The number of urea groups is 1. The molecule has 0 radical (unpaired) electrons. The zero-order valence-electron chi connectivity index (χ0n) is 43.5. The number of amides is 5. The monoisotopic (exact) mass is 1100 g/mol. The van der Waals surface area contributed by atoms with E-state index in [1.165, 1.54) is 27.3 Å². The van der Waals surface area contributed by atoms with Gasteiger partial charge in [-0.2, -0.15) is 54.0 Å². The lowest BCUT2D eigenvalue weighted by molar-refractivity contribution is -0.155. The van der Waals surface area contributed by atoms with Crippen LogP contribution in [0.3, 0.4) is 0 Å². The van der Waals surface area contributed by atoms with E-state index in [4.69, 9.17) is 19.4 Å². The fourth-order valence-corrected chi connectivity index (χ4v) is 11.8. The van der Waals surface area contributed by atoms with Crippen molar-refractivity contribution in [2.24, 2.45) is 16.7 Å². The molecule has 3 fully saturated rings. The average molecular weight is 1100 g/mol. The Morgan fingerprint density at radius 3 is 2.40 bits per heavy atom. The summed E-state index contributed by atoms with van der Waals surface area (Å²) in [6, 6.07) is 7.44. The van der Waals surface area contributed by atoms with Crippen molar-refractivity contribution in [1.29, 1.82) is 0 Å². The van der Waals surface area contributed by atoms with E-state index in [0.29, 0.717) is 63.5 Å². The van der Waals surface area contributed by atoms with E-state index in [9.17, 15) is 24.0 Å². The fraction of sp³-hybridized carbons (Fsp3) is 0.558. The summed E-state index contributed by atoms with van der Waals surface area (Å²) >= 11 is 1.42. The molecule has 6 bridgehead atoms. The van der Waals surface area contributed by atoms with Crippen LogP contribution in [0, 0.1) is 16.7 Å². The molecule has 5 amide bonds. The van der Waals surface area contributed by atoms with Gasteiger partial charge in [0.1, 0.15) is 18.1 Å². The van der Waals surface area contributed by atoms with E-state index >= 15 is 0 Å². The largest absolute Gasteiger partial charge is 0.464 e. The molecule has 7 heterocycles. The third-order valence-electron chi connectivity index (χ3n) is 14.8. The van der Waals surface area contributed by atoms with E-state index < -0.39 is 41.3 Å². The molecule has 0 unspecified atom stereocenters. The molecule has 4 aromatic rings. The van der Waals surface area contributed by atoms with Crippen LogP contribution in [0.1, 0.15) is 96.0 Å². The highest BCUT2D eigenvalue weighted by atomic mass is 32.1. The standard InChI is InChI=1S/C52H69N9O7S.4H2S/c1-10-43(62)59-25-20-52(30-59)18-23-58(24-19-52)50(66)57(8)45(32(3)4)47(63)55-39-27-42-54-40(29-69-42)34-16-17-41-36(26-34)37(46(60(41)11-2)35-14-12-21-53-44(35)33(5)67-9)28-51(6,7)31-68-49(65)38-15-13-22-61(56-38)48(39)64;;;;/h10,12,14,16-17,21,26,29,32-33,38-39,45,56H,1,11,13,15,18-20,22-25,27-28,30-31H2,2-9H3,(H,55,63);4*1H2/t33-,38-,39-,45-;;;;/m0..../s1. The van der Waals surface area contributed by atoms with Crippen molar-refractivity contribution >= 4 is 106 Å². The van der Waals surface area contributed by atoms with E-state index in [1.807, 2.05) is 37.1 Å². The third-order valence-corrected chi connectivity index (χ3v) is 15.7. The van der Waals surface area contributed by atoms with Gasteiger partial charge in [0.25, 0.3) is 5.91 Å². The molecular formula is C52H77N9O7S5. The maximum Gasteiger partial charge on any atom is 0.324 e. The van der Waals surface area contributed by atoms with Gasteiger partial charge in [-0.3, -0.25) is 29.2 Å². The molecule has 1 spiro atoms. The first-order chi connectivity index (χ1) is 33.0. The number of cyclic esters (lactones) is 1. The number of thiazole rings is 1. The second-order valence-corrected chi connectivity index (χ2v) is 21.5. The second kappa shape index (κ2) is 25.5. The van der Waals surface area contributed by atoms with Gasteiger partial charge < -0.3 is 34.1 Å². The van der Waals surface area contributed by atoms with Crippen molar-refractivity contribution in [2.45, 2.75) is 117 Å². The number of fused-ring (bicyclic) bond motifs is 6. The predicted octanol–water partition coefficient (Wildman–Crippen LogP) is 7.23. The topological polar surface area (TPSA) is 172 Å². The predicted molar refractivity (Wildman–Crippen MR) is 307 cm³/mol. The molecule has 16 nitrogen and oxygen atoms in total. The molecule has 402 valence electrons. The molecule has 3 aromatic heterocycles. The number of nitrogens with one attached hydrogen (secondary N) is 2. The Kier molecular flexibility index (Phi) is 21.4. The van der Waals surface area contributed by atoms with Crippen molar-refractivity contribution in [3.8, 4) is 22.5 Å². The summed E-state index contributed by atoms with van der Waals surface area (Å²) in [4.78, 5) is 84.8. The van der Waals surface area contributed by atoms with Crippen LogP contribution in [0.25, 0.3) is 33.4 Å². The summed E-state index contributed by atoms with van der Waals surface area (Å²) < 4.78 is 14.3. The van der Waals surface area contributed by atoms with Crippen LogP contribution < -0.4 is 10.7 Å². The molecule has 4 aliphatic heterocycles. The SMILES string of the molecule is C=CC(=O)N1CCC2(CCN(C(=O)N(C)[C@H](C(=O)N[C@H]3Cc4nc(cs4)-c4ccc5c(c4)c(c(-c4cccnc4[C@H](C)OC)n5CC)CC(C)(C)COC(=O)[C@@H]4CCCN(N4)C3=O)C(C)C)CC2)C1.S.S.S.S. The number of pyridine rings is 1. The number of benzene rings is 1. The van der Waals surface area contributed by atoms with E-state index in [-0.39, 0.29) is 96.4 Å². The number of esters is 1. The number of nitrogens with zero attached hydrogens (tertiary/aromatic N) is 7. The Labute approximate surface area is 462 Å². The maximum absolute atomic E-state index is 14.7. The van der Waals surface area contributed by atoms with Crippen LogP contribution in [-0.4, -0.2) is 136 Å². The smallest absolute Gasteiger partial charge is 0.324 e. The lowest BCUT2D eigenvalue weighted by atomic mass is 9.78. The van der Waals surface area contributed by atoms with Gasteiger partial charge >= 0.3 is 12.0 Å². The Balaban J connectivity index is 0.00000289. The van der Waals surface area contributed by atoms with Crippen LogP contribution in [0.2, 0.25) is 0 Å². The third kappa shape index (κ3) is 12.9. The number of hydrogen-bond donors (Lipinski definition) is 2. The highest BCUT2D eigenvalue weighted by Gasteiger charge is 2.44. The van der Waals surface area contributed by atoms with Crippen molar-refractivity contribution in [3.05, 3.63) is 70.8 Å². The Hall–Kier alpha value is -4.25. The molecule has 0 saturated carbocycles. The second-order valence-electron chi connectivity index (χ2n) is 20.6. The number of likely N-dealkylation sites (tertiary alicyclic amines) is 2. The van der Waals surface area contributed by atoms with Crippen LogP contribution in [0.5, 0.6) is 0 Å². The fourth-order valence-electron chi connectivity index (χ4n) is 10.9. The van der Waals surface area contributed by atoms with Crippen LogP contribution in [0.15, 0.2) is 54.6 Å². The molecule has 4 atom stereocenters. The normalized spacial score (nSPS) is 20.3. The van der Waals surface area contributed by atoms with Crippen molar-refractivity contribution < 1.29 is 33.4 Å².